The highest BCUT2D eigenvalue weighted by atomic mass is 32.2. The van der Waals surface area contributed by atoms with Crippen LogP contribution in [-0.4, -0.2) is 37.9 Å². The molecule has 3 rings (SSSR count). The van der Waals surface area contributed by atoms with Gasteiger partial charge in [0.25, 0.3) is 0 Å². The third-order valence-corrected chi connectivity index (χ3v) is 4.88. The number of carbonyl (C=O) groups excluding carboxylic acids is 2. The lowest BCUT2D eigenvalue weighted by atomic mass is 10.2. The predicted octanol–water partition coefficient (Wildman–Crippen LogP) is 3.55. The van der Waals surface area contributed by atoms with Crippen molar-refractivity contribution in [3.05, 3.63) is 36.4 Å². The first-order chi connectivity index (χ1) is 13.5. The Kier molecular flexibility index (Phi) is 6.65. The minimum absolute atomic E-state index is 0.185. The molecule has 7 nitrogen and oxygen atoms in total. The largest absolute Gasteiger partial charge is 0.495 e. The highest BCUT2D eigenvalue weighted by molar-refractivity contribution is 8.00. The molecule has 0 fully saturated rings. The van der Waals surface area contributed by atoms with Crippen molar-refractivity contribution < 1.29 is 23.8 Å². The van der Waals surface area contributed by atoms with Crippen LogP contribution in [0.15, 0.2) is 41.3 Å². The third-order valence-electron chi connectivity index (χ3n) is 3.88. The molecule has 2 N–H and O–H groups in total. The molecule has 8 heteroatoms. The summed E-state index contributed by atoms with van der Waals surface area (Å²) in [5, 5.41) is 5.51. The van der Waals surface area contributed by atoms with Crippen LogP contribution in [0.3, 0.4) is 0 Å². The Morgan fingerprint density at radius 2 is 1.86 bits per heavy atom. The summed E-state index contributed by atoms with van der Waals surface area (Å²) in [4.78, 5) is 24.5. The fraction of sp³-hybridized carbons (Fsp3) is 0.300. The van der Waals surface area contributed by atoms with Crippen LogP contribution in [-0.2, 0) is 9.59 Å². The Balaban J connectivity index is 1.63. The average molecular weight is 402 g/mol. The summed E-state index contributed by atoms with van der Waals surface area (Å²) in [5.41, 5.74) is 1.08. The van der Waals surface area contributed by atoms with E-state index in [4.69, 9.17) is 14.2 Å². The molecule has 28 heavy (non-hydrogen) atoms. The van der Waals surface area contributed by atoms with Crippen molar-refractivity contribution in [2.45, 2.75) is 18.2 Å². The SMILES string of the molecule is COc1ccc(NC(C)=O)cc1NC(=O)CSc1ccc2c(c1)OCCCO2. The lowest BCUT2D eigenvalue weighted by Gasteiger charge is -2.13. The Bertz CT molecular complexity index is 872. The summed E-state index contributed by atoms with van der Waals surface area (Å²) < 4.78 is 16.6. The number of thioether (sulfide) groups is 1. The number of carbonyl (C=O) groups is 2. The molecule has 2 aromatic rings. The van der Waals surface area contributed by atoms with Crippen LogP contribution in [0.2, 0.25) is 0 Å². The fourth-order valence-corrected chi connectivity index (χ4v) is 3.38. The van der Waals surface area contributed by atoms with Crippen LogP contribution in [0.25, 0.3) is 0 Å². The maximum absolute atomic E-state index is 12.4. The first kappa shape index (κ1) is 19.9. The summed E-state index contributed by atoms with van der Waals surface area (Å²) >= 11 is 1.40. The highest BCUT2D eigenvalue weighted by Gasteiger charge is 2.13. The van der Waals surface area contributed by atoms with Crippen molar-refractivity contribution in [2.24, 2.45) is 0 Å². The van der Waals surface area contributed by atoms with Gasteiger partial charge >= 0.3 is 0 Å². The normalized spacial score (nSPS) is 12.6. The molecular formula is C20H22N2O5S. The molecule has 148 valence electrons. The van der Waals surface area contributed by atoms with Gasteiger partial charge in [-0.05, 0) is 36.4 Å². The molecule has 0 atom stereocenters. The van der Waals surface area contributed by atoms with Gasteiger partial charge < -0.3 is 24.8 Å². The van der Waals surface area contributed by atoms with Crippen LogP contribution in [0.4, 0.5) is 11.4 Å². The van der Waals surface area contributed by atoms with Crippen LogP contribution >= 0.6 is 11.8 Å². The number of amides is 2. The third kappa shape index (κ3) is 5.32. The van der Waals surface area contributed by atoms with E-state index in [0.29, 0.717) is 36.1 Å². The van der Waals surface area contributed by atoms with Gasteiger partial charge in [-0.3, -0.25) is 9.59 Å². The van der Waals surface area contributed by atoms with Crippen molar-refractivity contribution >= 4 is 35.0 Å². The molecule has 2 amide bonds. The summed E-state index contributed by atoms with van der Waals surface area (Å²) in [6.45, 7) is 2.68. The topological polar surface area (TPSA) is 85.9 Å². The second-order valence-corrected chi connectivity index (χ2v) is 7.14. The van der Waals surface area contributed by atoms with Crippen LogP contribution in [0.5, 0.6) is 17.2 Å². The lowest BCUT2D eigenvalue weighted by molar-refractivity contribution is -0.114. The number of hydrogen-bond donors (Lipinski definition) is 2. The van der Waals surface area contributed by atoms with Crippen molar-refractivity contribution in [3.63, 3.8) is 0 Å². The highest BCUT2D eigenvalue weighted by Crippen LogP contribution is 2.34. The second kappa shape index (κ2) is 9.36. The Labute approximate surface area is 167 Å². The predicted molar refractivity (Wildman–Crippen MR) is 109 cm³/mol. The monoisotopic (exact) mass is 402 g/mol. The number of rotatable bonds is 6. The van der Waals surface area contributed by atoms with Crippen molar-refractivity contribution in [1.82, 2.24) is 0 Å². The number of nitrogens with one attached hydrogen (secondary N) is 2. The number of ether oxygens (including phenoxy) is 3. The fourth-order valence-electron chi connectivity index (χ4n) is 2.66. The summed E-state index contributed by atoms with van der Waals surface area (Å²) in [7, 11) is 1.52. The molecule has 1 aliphatic heterocycles. The van der Waals surface area contributed by atoms with Gasteiger partial charge in [0.05, 0.1) is 31.8 Å². The van der Waals surface area contributed by atoms with E-state index < -0.39 is 0 Å². The zero-order chi connectivity index (χ0) is 19.9. The summed E-state index contributed by atoms with van der Waals surface area (Å²) in [5.74, 6) is 1.79. The molecule has 0 saturated carbocycles. The van der Waals surface area contributed by atoms with Gasteiger partial charge in [-0.1, -0.05) is 0 Å². The van der Waals surface area contributed by atoms with Gasteiger partial charge in [0.2, 0.25) is 11.8 Å². The second-order valence-electron chi connectivity index (χ2n) is 6.09. The zero-order valence-corrected chi connectivity index (χ0v) is 16.6. The molecule has 0 aliphatic carbocycles. The van der Waals surface area contributed by atoms with Gasteiger partial charge in [0, 0.05) is 23.9 Å². The molecule has 1 heterocycles. The molecular weight excluding hydrogens is 380 g/mol. The zero-order valence-electron chi connectivity index (χ0n) is 15.7. The van der Waals surface area contributed by atoms with Gasteiger partial charge in [-0.25, -0.2) is 0 Å². The number of fused-ring (bicyclic) bond motifs is 1. The van der Waals surface area contributed by atoms with Crippen molar-refractivity contribution in [1.29, 1.82) is 0 Å². The molecule has 0 bridgehead atoms. The first-order valence-electron chi connectivity index (χ1n) is 8.83. The van der Waals surface area contributed by atoms with Gasteiger partial charge in [0.15, 0.2) is 11.5 Å². The van der Waals surface area contributed by atoms with E-state index in [9.17, 15) is 9.59 Å². The van der Waals surface area contributed by atoms with Gasteiger partial charge in [-0.2, -0.15) is 0 Å². The lowest BCUT2D eigenvalue weighted by Crippen LogP contribution is -2.15. The molecule has 0 spiro atoms. The van der Waals surface area contributed by atoms with E-state index in [1.165, 1.54) is 25.8 Å². The first-order valence-corrected chi connectivity index (χ1v) is 9.81. The molecule has 1 aliphatic rings. The van der Waals surface area contributed by atoms with E-state index in [-0.39, 0.29) is 17.6 Å². The average Bonchev–Trinajstić information content (AvgIpc) is 2.91. The van der Waals surface area contributed by atoms with E-state index in [1.54, 1.807) is 18.2 Å². The van der Waals surface area contributed by atoms with Crippen molar-refractivity contribution in [2.75, 3.05) is 36.7 Å². The smallest absolute Gasteiger partial charge is 0.234 e. The van der Waals surface area contributed by atoms with Crippen LogP contribution in [0, 0.1) is 0 Å². The Morgan fingerprint density at radius 1 is 1.07 bits per heavy atom. The van der Waals surface area contributed by atoms with Crippen LogP contribution < -0.4 is 24.8 Å². The molecule has 0 unspecified atom stereocenters. The maximum atomic E-state index is 12.4. The molecule has 0 radical (unpaired) electrons. The van der Waals surface area contributed by atoms with E-state index >= 15 is 0 Å². The van der Waals surface area contributed by atoms with E-state index in [1.807, 2.05) is 18.2 Å². The van der Waals surface area contributed by atoms with E-state index in [0.717, 1.165) is 17.1 Å². The number of anilines is 2. The van der Waals surface area contributed by atoms with Gasteiger partial charge in [-0.15, -0.1) is 11.8 Å². The summed E-state index contributed by atoms with van der Waals surface area (Å²) in [6, 6.07) is 10.7. The molecule has 0 aromatic heterocycles. The Hall–Kier alpha value is -2.87. The Morgan fingerprint density at radius 3 is 2.61 bits per heavy atom. The standard InChI is InChI=1S/C20H22N2O5S/c1-13(23)21-14-4-6-17(25-2)16(10-14)22-20(24)12-28-15-5-7-18-19(11-15)27-9-3-8-26-18/h4-7,10-11H,3,8-9,12H2,1-2H3,(H,21,23)(H,22,24). The number of benzene rings is 2. The maximum Gasteiger partial charge on any atom is 0.234 e. The van der Waals surface area contributed by atoms with Crippen LogP contribution in [0.1, 0.15) is 13.3 Å². The van der Waals surface area contributed by atoms with E-state index in [2.05, 4.69) is 10.6 Å². The number of methoxy groups -OCH3 is 1. The minimum atomic E-state index is -0.188. The molecule has 0 saturated heterocycles. The van der Waals surface area contributed by atoms with Crippen molar-refractivity contribution in [3.8, 4) is 17.2 Å². The van der Waals surface area contributed by atoms with Gasteiger partial charge in [0.1, 0.15) is 5.75 Å². The summed E-state index contributed by atoms with van der Waals surface area (Å²) in [6.07, 6.45) is 0.846. The minimum Gasteiger partial charge on any atom is -0.495 e. The number of hydrogen-bond acceptors (Lipinski definition) is 6. The molecule has 2 aromatic carbocycles. The quantitative estimate of drug-likeness (QED) is 0.719.